The number of aliphatic hydroxyl groups excluding tert-OH is 4. The van der Waals surface area contributed by atoms with Crippen molar-refractivity contribution in [2.45, 2.75) is 65.1 Å². The molecule has 8 N–H and O–H groups in total. The average Bonchev–Trinajstić information content (AvgIpc) is 2.80. The number of aliphatic hydroxyl groups is 4. The third kappa shape index (κ3) is 8.81. The van der Waals surface area contributed by atoms with Crippen LogP contribution in [0.15, 0.2) is 36.4 Å². The highest BCUT2D eigenvalue weighted by atomic mass is 16.3. The minimum absolute atomic E-state index is 0.293. The van der Waals surface area contributed by atoms with Crippen molar-refractivity contribution in [3.63, 3.8) is 0 Å². The molecule has 0 amide bonds. The maximum Gasteiger partial charge on any atom is 0.105 e. The molecule has 0 saturated carbocycles. The Hall–Kier alpha value is -1.80. The highest BCUT2D eigenvalue weighted by Crippen LogP contribution is 2.43. The van der Waals surface area contributed by atoms with Gasteiger partial charge in [-0.25, -0.2) is 0 Å². The van der Waals surface area contributed by atoms with Gasteiger partial charge in [0.05, 0.1) is 0 Å². The molecule has 1 aliphatic carbocycles. The zero-order valence-corrected chi connectivity index (χ0v) is 20.5. The van der Waals surface area contributed by atoms with Gasteiger partial charge in [-0.2, -0.15) is 0 Å². The molecule has 2 aromatic rings. The zero-order valence-electron chi connectivity index (χ0n) is 20.5. The van der Waals surface area contributed by atoms with E-state index >= 15 is 0 Å². The summed E-state index contributed by atoms with van der Waals surface area (Å²) in [5, 5.41) is 37.7. The van der Waals surface area contributed by atoms with Gasteiger partial charge in [-0.05, 0) is 98.3 Å². The van der Waals surface area contributed by atoms with E-state index in [4.69, 9.17) is 21.7 Å². The van der Waals surface area contributed by atoms with Crippen molar-refractivity contribution in [2.75, 3.05) is 26.3 Å². The minimum Gasteiger partial charge on any atom is -0.396 e. The number of hydrogen-bond donors (Lipinski definition) is 6. The predicted molar refractivity (Wildman–Crippen MR) is 135 cm³/mol. The molecular weight excluding hydrogens is 416 g/mol. The van der Waals surface area contributed by atoms with Gasteiger partial charge in [0.25, 0.3) is 0 Å². The lowest BCUT2D eigenvalue weighted by molar-refractivity contribution is 0.172. The highest BCUT2D eigenvalue weighted by molar-refractivity contribution is 5.55. The molecule has 3 rings (SSSR count). The maximum atomic E-state index is 10.5. The summed E-state index contributed by atoms with van der Waals surface area (Å²) in [5.41, 5.74) is 15.9. The molecule has 6 nitrogen and oxygen atoms in total. The van der Waals surface area contributed by atoms with Gasteiger partial charge in [0.2, 0.25) is 0 Å². The Morgan fingerprint density at radius 2 is 1.24 bits per heavy atom. The van der Waals surface area contributed by atoms with Crippen LogP contribution >= 0.6 is 0 Å². The van der Waals surface area contributed by atoms with E-state index in [9.17, 15) is 10.2 Å². The normalized spacial score (nSPS) is 17.0. The summed E-state index contributed by atoms with van der Waals surface area (Å²) in [5.74, 6) is 0.588. The molecule has 0 spiro atoms. The molecule has 0 saturated heterocycles. The van der Waals surface area contributed by atoms with Crippen LogP contribution in [-0.4, -0.2) is 46.7 Å². The van der Waals surface area contributed by atoms with Gasteiger partial charge in [0.15, 0.2) is 0 Å². The molecule has 0 heterocycles. The Bertz CT molecular complexity index is 749. The third-order valence-corrected chi connectivity index (χ3v) is 6.00. The first-order chi connectivity index (χ1) is 15.8. The van der Waals surface area contributed by atoms with Crippen LogP contribution in [0.4, 0.5) is 0 Å². The number of aryl methyl sites for hydroxylation is 2. The van der Waals surface area contributed by atoms with Crippen LogP contribution in [0.25, 0.3) is 0 Å². The van der Waals surface area contributed by atoms with Gasteiger partial charge in [-0.15, -0.1) is 0 Å². The summed E-state index contributed by atoms with van der Waals surface area (Å²) >= 11 is 0. The van der Waals surface area contributed by atoms with Gasteiger partial charge in [0.1, 0.15) is 12.2 Å². The predicted octanol–water partition coefficient (Wildman–Crippen LogP) is 3.24. The minimum atomic E-state index is -0.639. The van der Waals surface area contributed by atoms with Crippen LogP contribution < -0.4 is 11.5 Å². The van der Waals surface area contributed by atoms with Crippen molar-refractivity contribution < 1.29 is 20.4 Å². The fourth-order valence-electron chi connectivity index (χ4n) is 3.98. The first kappa shape index (κ1) is 29.2. The molecule has 2 aromatic carbocycles. The fraction of sp³-hybridized carbons (Fsp3) is 0.556. The summed E-state index contributed by atoms with van der Waals surface area (Å²) in [7, 11) is 0. The van der Waals surface area contributed by atoms with Crippen molar-refractivity contribution in [1.29, 1.82) is 0 Å². The van der Waals surface area contributed by atoms with E-state index in [1.807, 2.05) is 50.2 Å². The first-order valence-electron chi connectivity index (χ1n) is 12.0. The summed E-state index contributed by atoms with van der Waals surface area (Å²) in [6, 6.07) is 11.5. The van der Waals surface area contributed by atoms with Crippen LogP contribution in [0.5, 0.6) is 0 Å². The summed E-state index contributed by atoms with van der Waals surface area (Å²) < 4.78 is 0. The van der Waals surface area contributed by atoms with E-state index in [1.165, 1.54) is 0 Å². The Balaban J connectivity index is 0.000000304. The molecule has 0 bridgehead atoms. The lowest BCUT2D eigenvalue weighted by Gasteiger charge is -2.31. The zero-order chi connectivity index (χ0) is 24.8. The average molecular weight is 461 g/mol. The Labute approximate surface area is 199 Å². The number of fused-ring (bicyclic) bond motifs is 2. The molecule has 3 atom stereocenters. The summed E-state index contributed by atoms with van der Waals surface area (Å²) in [4.78, 5) is 0. The molecule has 6 heteroatoms. The molecule has 0 radical (unpaired) electrons. The molecule has 0 aromatic heterocycles. The second-order valence-electron chi connectivity index (χ2n) is 8.73. The fourth-order valence-corrected chi connectivity index (χ4v) is 3.98. The van der Waals surface area contributed by atoms with E-state index < -0.39 is 12.2 Å². The molecule has 186 valence electrons. The number of rotatable bonds is 8. The Kier molecular flexibility index (Phi) is 14.1. The van der Waals surface area contributed by atoms with E-state index in [-0.39, 0.29) is 0 Å². The standard InChI is InChI=1S/C16H16O2.C6H15NO.C5H13NO/c1-9-7-8-10(2)14-13(9)15(17)11-5-3-4-6-12(11)16(14)18;1-6(2-4-7)3-5-8;6-4-2-1-3-5-7/h3-8,15-18H,1-2H3;6,8H,2-5,7H2,1H3;7H,1-6H2. The highest BCUT2D eigenvalue weighted by Gasteiger charge is 2.31. The quantitative estimate of drug-likeness (QED) is 0.335. The number of benzene rings is 2. The van der Waals surface area contributed by atoms with Crippen LogP contribution in [0, 0.1) is 19.8 Å². The molecule has 33 heavy (non-hydrogen) atoms. The van der Waals surface area contributed by atoms with Crippen LogP contribution in [0.2, 0.25) is 0 Å². The molecular formula is C27H44N2O4. The van der Waals surface area contributed by atoms with E-state index in [0.717, 1.165) is 78.6 Å². The third-order valence-electron chi connectivity index (χ3n) is 6.00. The second kappa shape index (κ2) is 15.9. The first-order valence-corrected chi connectivity index (χ1v) is 12.0. The van der Waals surface area contributed by atoms with Crippen molar-refractivity contribution in [2.24, 2.45) is 17.4 Å². The van der Waals surface area contributed by atoms with Gasteiger partial charge < -0.3 is 31.9 Å². The lowest BCUT2D eigenvalue weighted by Crippen LogP contribution is -2.20. The largest absolute Gasteiger partial charge is 0.396 e. The Morgan fingerprint density at radius 3 is 1.64 bits per heavy atom. The van der Waals surface area contributed by atoms with Crippen molar-refractivity contribution in [3.8, 4) is 0 Å². The van der Waals surface area contributed by atoms with E-state index in [0.29, 0.717) is 19.1 Å². The van der Waals surface area contributed by atoms with Crippen LogP contribution in [0.3, 0.4) is 0 Å². The molecule has 0 aliphatic heterocycles. The number of unbranched alkanes of at least 4 members (excludes halogenated alkanes) is 2. The monoisotopic (exact) mass is 460 g/mol. The van der Waals surface area contributed by atoms with Crippen molar-refractivity contribution >= 4 is 0 Å². The second-order valence-corrected chi connectivity index (χ2v) is 8.73. The van der Waals surface area contributed by atoms with Crippen LogP contribution in [0.1, 0.15) is 84.6 Å². The summed E-state index contributed by atoms with van der Waals surface area (Å²) in [6.07, 6.45) is 3.64. The number of hydrogen-bond acceptors (Lipinski definition) is 6. The Morgan fingerprint density at radius 1 is 0.727 bits per heavy atom. The molecule has 3 unspecified atom stereocenters. The van der Waals surface area contributed by atoms with Crippen molar-refractivity contribution in [3.05, 3.63) is 69.8 Å². The van der Waals surface area contributed by atoms with Gasteiger partial charge in [-0.1, -0.05) is 43.3 Å². The van der Waals surface area contributed by atoms with Crippen molar-refractivity contribution in [1.82, 2.24) is 0 Å². The smallest absolute Gasteiger partial charge is 0.105 e. The van der Waals surface area contributed by atoms with E-state index in [2.05, 4.69) is 6.92 Å². The topological polar surface area (TPSA) is 133 Å². The van der Waals surface area contributed by atoms with E-state index in [1.54, 1.807) is 0 Å². The van der Waals surface area contributed by atoms with Gasteiger partial charge >= 0.3 is 0 Å². The van der Waals surface area contributed by atoms with Crippen LogP contribution in [-0.2, 0) is 0 Å². The maximum absolute atomic E-state index is 10.5. The molecule has 0 fully saturated rings. The number of nitrogens with two attached hydrogens (primary N) is 2. The lowest BCUT2D eigenvalue weighted by atomic mass is 9.78. The van der Waals surface area contributed by atoms with Gasteiger partial charge in [0, 0.05) is 13.2 Å². The molecule has 1 aliphatic rings. The SMILES string of the molecule is CC(CCN)CCO.Cc1ccc(C)c2c1C(O)c1ccccc1C2O.NCCCCCO. The van der Waals surface area contributed by atoms with Gasteiger partial charge in [-0.3, -0.25) is 0 Å². The summed E-state index contributed by atoms with van der Waals surface area (Å²) in [6.45, 7) is 8.13.